The fraction of sp³-hybridized carbons (Fsp3) is 0.533. The van der Waals surface area contributed by atoms with Gasteiger partial charge in [0.15, 0.2) is 0 Å². The van der Waals surface area contributed by atoms with Crippen LogP contribution in [0.5, 0.6) is 0 Å². The van der Waals surface area contributed by atoms with Crippen molar-refractivity contribution >= 4 is 5.97 Å². The van der Waals surface area contributed by atoms with Crippen LogP contribution in [0.4, 0.5) is 4.39 Å². The van der Waals surface area contributed by atoms with Crippen LogP contribution < -0.4 is 5.32 Å². The van der Waals surface area contributed by atoms with Crippen molar-refractivity contribution in [3.05, 3.63) is 35.1 Å². The fourth-order valence-corrected chi connectivity index (χ4v) is 1.75. The summed E-state index contributed by atoms with van der Waals surface area (Å²) in [5.74, 6) is -1.40. The lowest BCUT2D eigenvalue weighted by Gasteiger charge is -2.25. The second kappa shape index (κ2) is 5.89. The summed E-state index contributed by atoms with van der Waals surface area (Å²) in [5, 5.41) is 21.0. The molecule has 4 nitrogen and oxygen atoms in total. The third-order valence-electron chi connectivity index (χ3n) is 3.31. The van der Waals surface area contributed by atoms with Gasteiger partial charge in [-0.1, -0.05) is 32.9 Å². The first-order valence-corrected chi connectivity index (χ1v) is 6.48. The van der Waals surface area contributed by atoms with Crippen LogP contribution in [-0.2, 0) is 16.8 Å². The molecule has 0 amide bonds. The van der Waals surface area contributed by atoms with Crippen molar-refractivity contribution in [2.45, 2.75) is 45.2 Å². The number of aliphatic hydroxyl groups is 1. The first kappa shape index (κ1) is 16.6. The number of benzene rings is 1. The molecular weight excluding hydrogens is 261 g/mol. The molecule has 0 bridgehead atoms. The molecule has 1 rings (SSSR count). The summed E-state index contributed by atoms with van der Waals surface area (Å²) < 4.78 is 13.8. The largest absolute Gasteiger partial charge is 0.480 e. The number of aliphatic carboxylic acids is 1. The second-order valence-corrected chi connectivity index (χ2v) is 6.21. The van der Waals surface area contributed by atoms with E-state index in [1.807, 2.05) is 20.8 Å². The van der Waals surface area contributed by atoms with Crippen LogP contribution in [0, 0.1) is 5.82 Å². The molecule has 0 aliphatic heterocycles. The Labute approximate surface area is 118 Å². The van der Waals surface area contributed by atoms with Gasteiger partial charge in [-0.05, 0) is 29.5 Å². The van der Waals surface area contributed by atoms with Crippen molar-refractivity contribution in [1.29, 1.82) is 0 Å². The number of halogens is 1. The third kappa shape index (κ3) is 3.77. The molecule has 1 atom stereocenters. The van der Waals surface area contributed by atoms with Gasteiger partial charge in [0.1, 0.15) is 11.4 Å². The van der Waals surface area contributed by atoms with Gasteiger partial charge in [-0.3, -0.25) is 10.1 Å². The highest BCUT2D eigenvalue weighted by molar-refractivity contribution is 5.78. The maximum atomic E-state index is 13.8. The maximum Gasteiger partial charge on any atom is 0.326 e. The molecule has 5 heteroatoms. The standard InChI is InChI=1S/C15H22FNO3/c1-14(2,3)11-7-10(5-6-12(11)16)8-17-15(4,9-18)13(19)20/h5-7,17-18H,8-9H2,1-4H3,(H,19,20)/t15-/m0/s1. The van der Waals surface area contributed by atoms with Crippen molar-refractivity contribution in [2.24, 2.45) is 0 Å². The molecule has 20 heavy (non-hydrogen) atoms. The van der Waals surface area contributed by atoms with Gasteiger partial charge in [-0.2, -0.15) is 0 Å². The van der Waals surface area contributed by atoms with E-state index in [-0.39, 0.29) is 17.8 Å². The smallest absolute Gasteiger partial charge is 0.326 e. The number of rotatable bonds is 5. The maximum absolute atomic E-state index is 13.8. The molecule has 1 aromatic rings. The zero-order valence-corrected chi connectivity index (χ0v) is 12.3. The number of hydrogen-bond acceptors (Lipinski definition) is 3. The summed E-state index contributed by atoms with van der Waals surface area (Å²) >= 11 is 0. The molecule has 0 aliphatic rings. The van der Waals surface area contributed by atoms with E-state index < -0.39 is 18.1 Å². The van der Waals surface area contributed by atoms with Crippen LogP contribution in [0.3, 0.4) is 0 Å². The highest BCUT2D eigenvalue weighted by atomic mass is 19.1. The molecule has 0 heterocycles. The molecule has 0 radical (unpaired) electrons. The van der Waals surface area contributed by atoms with Crippen LogP contribution in [0.2, 0.25) is 0 Å². The summed E-state index contributed by atoms with van der Waals surface area (Å²) in [6.45, 7) is 6.87. The molecule has 0 spiro atoms. The Hall–Kier alpha value is -1.46. The van der Waals surface area contributed by atoms with E-state index >= 15 is 0 Å². The number of hydrogen-bond donors (Lipinski definition) is 3. The van der Waals surface area contributed by atoms with E-state index in [0.29, 0.717) is 5.56 Å². The molecule has 0 saturated carbocycles. The van der Waals surface area contributed by atoms with Gasteiger partial charge in [0, 0.05) is 6.54 Å². The van der Waals surface area contributed by atoms with Gasteiger partial charge < -0.3 is 10.2 Å². The van der Waals surface area contributed by atoms with E-state index in [9.17, 15) is 9.18 Å². The van der Waals surface area contributed by atoms with Crippen LogP contribution in [0.15, 0.2) is 18.2 Å². The SMILES string of the molecule is CC(C)(C)c1cc(CN[C@@](C)(CO)C(=O)O)ccc1F. The highest BCUT2D eigenvalue weighted by Crippen LogP contribution is 2.26. The topological polar surface area (TPSA) is 69.6 Å². The summed E-state index contributed by atoms with van der Waals surface area (Å²) in [6, 6.07) is 4.72. The van der Waals surface area contributed by atoms with Crippen molar-refractivity contribution in [3.8, 4) is 0 Å². The monoisotopic (exact) mass is 283 g/mol. The van der Waals surface area contributed by atoms with E-state index in [0.717, 1.165) is 5.56 Å². The minimum absolute atomic E-state index is 0.243. The fourth-order valence-electron chi connectivity index (χ4n) is 1.75. The van der Waals surface area contributed by atoms with Gasteiger partial charge >= 0.3 is 5.97 Å². The first-order chi connectivity index (χ1) is 9.10. The Morgan fingerprint density at radius 3 is 2.35 bits per heavy atom. The van der Waals surface area contributed by atoms with E-state index in [4.69, 9.17) is 10.2 Å². The molecule has 0 saturated heterocycles. The molecule has 3 N–H and O–H groups in total. The Morgan fingerprint density at radius 2 is 1.90 bits per heavy atom. The molecule has 112 valence electrons. The van der Waals surface area contributed by atoms with Crippen molar-refractivity contribution in [1.82, 2.24) is 5.32 Å². The number of carboxylic acids is 1. The van der Waals surface area contributed by atoms with E-state index in [1.54, 1.807) is 12.1 Å². The zero-order chi connectivity index (χ0) is 15.6. The molecule has 1 aromatic carbocycles. The number of carboxylic acid groups (broad SMARTS) is 1. The summed E-state index contributed by atoms with van der Waals surface area (Å²) in [5.41, 5.74) is -0.376. The van der Waals surface area contributed by atoms with Crippen molar-refractivity contribution in [3.63, 3.8) is 0 Å². The van der Waals surface area contributed by atoms with E-state index in [1.165, 1.54) is 13.0 Å². The molecule has 0 aromatic heterocycles. The summed E-state index contributed by atoms with van der Waals surface area (Å²) in [7, 11) is 0. The quantitative estimate of drug-likeness (QED) is 0.773. The highest BCUT2D eigenvalue weighted by Gasteiger charge is 2.31. The average Bonchev–Trinajstić information content (AvgIpc) is 2.35. The minimum atomic E-state index is -1.41. The second-order valence-electron chi connectivity index (χ2n) is 6.21. The minimum Gasteiger partial charge on any atom is -0.480 e. The lowest BCUT2D eigenvalue weighted by Crippen LogP contribution is -2.52. The Kier molecular flexibility index (Phi) is 4.89. The predicted octanol–water partition coefficient (Wildman–Crippen LogP) is 2.05. The van der Waals surface area contributed by atoms with Gasteiger partial charge in [-0.25, -0.2) is 4.39 Å². The molecule has 0 fully saturated rings. The number of aliphatic hydroxyl groups excluding tert-OH is 1. The van der Waals surface area contributed by atoms with Crippen LogP contribution in [0.25, 0.3) is 0 Å². The summed E-state index contributed by atoms with van der Waals surface area (Å²) in [4.78, 5) is 11.1. The molecule has 0 unspecified atom stereocenters. The van der Waals surface area contributed by atoms with Gasteiger partial charge in [0.2, 0.25) is 0 Å². The van der Waals surface area contributed by atoms with E-state index in [2.05, 4.69) is 5.32 Å². The van der Waals surface area contributed by atoms with Gasteiger partial charge in [-0.15, -0.1) is 0 Å². The Bertz CT molecular complexity index is 496. The van der Waals surface area contributed by atoms with Crippen LogP contribution >= 0.6 is 0 Å². The molecule has 0 aliphatic carbocycles. The number of carbonyl (C=O) groups is 1. The van der Waals surface area contributed by atoms with Gasteiger partial charge in [0.25, 0.3) is 0 Å². The Balaban J connectivity index is 2.93. The average molecular weight is 283 g/mol. The number of nitrogens with one attached hydrogen (secondary N) is 1. The molecular formula is C15H22FNO3. The Morgan fingerprint density at radius 1 is 1.30 bits per heavy atom. The van der Waals surface area contributed by atoms with Crippen LogP contribution in [0.1, 0.15) is 38.8 Å². The lowest BCUT2D eigenvalue weighted by atomic mass is 9.85. The first-order valence-electron chi connectivity index (χ1n) is 6.48. The van der Waals surface area contributed by atoms with Crippen molar-refractivity contribution < 1.29 is 19.4 Å². The summed E-state index contributed by atoms with van der Waals surface area (Å²) in [6.07, 6.45) is 0. The third-order valence-corrected chi connectivity index (χ3v) is 3.31. The van der Waals surface area contributed by atoms with Crippen molar-refractivity contribution in [2.75, 3.05) is 6.61 Å². The zero-order valence-electron chi connectivity index (χ0n) is 12.3. The van der Waals surface area contributed by atoms with Gasteiger partial charge in [0.05, 0.1) is 6.61 Å². The predicted molar refractivity (Wildman–Crippen MR) is 75.1 cm³/mol. The van der Waals surface area contributed by atoms with Crippen LogP contribution in [-0.4, -0.2) is 28.3 Å². The normalized spacial score (nSPS) is 14.9. The lowest BCUT2D eigenvalue weighted by molar-refractivity contribution is -0.145.